The number of carbonyl (C=O) groups excluding carboxylic acids is 3. The van der Waals surface area contributed by atoms with Crippen LogP contribution in [0.25, 0.3) is 0 Å². The van der Waals surface area contributed by atoms with Crippen molar-refractivity contribution in [1.29, 1.82) is 0 Å². The van der Waals surface area contributed by atoms with Crippen LogP contribution in [-0.4, -0.2) is 45.5 Å². The van der Waals surface area contributed by atoms with Gasteiger partial charge in [-0.25, -0.2) is 17.6 Å². The Morgan fingerprint density at radius 1 is 1.06 bits per heavy atom. The molecule has 0 unspecified atom stereocenters. The number of ether oxygens (including phenoxy) is 1. The third-order valence-electron chi connectivity index (χ3n) is 4.00. The van der Waals surface area contributed by atoms with E-state index >= 15 is 0 Å². The van der Waals surface area contributed by atoms with Gasteiger partial charge in [0, 0.05) is 6.54 Å². The van der Waals surface area contributed by atoms with Crippen molar-refractivity contribution in [3.63, 3.8) is 0 Å². The van der Waals surface area contributed by atoms with Crippen LogP contribution in [0.3, 0.4) is 0 Å². The molecule has 0 aliphatic carbocycles. The molecule has 0 heterocycles. The predicted molar refractivity (Wildman–Crippen MR) is 113 cm³/mol. The van der Waals surface area contributed by atoms with Crippen LogP contribution < -0.4 is 15.4 Å². The maximum absolute atomic E-state index is 14.0. The van der Waals surface area contributed by atoms with Crippen molar-refractivity contribution in [2.45, 2.75) is 17.4 Å². The van der Waals surface area contributed by atoms with Crippen LogP contribution in [-0.2, 0) is 30.8 Å². The molecule has 0 spiro atoms. The summed E-state index contributed by atoms with van der Waals surface area (Å²) < 4.78 is 46.3. The van der Waals surface area contributed by atoms with E-state index in [1.165, 1.54) is 18.2 Å². The molecule has 2 rings (SSSR count). The molecule has 0 saturated carbocycles. The first-order valence-corrected chi connectivity index (χ1v) is 10.9. The van der Waals surface area contributed by atoms with Crippen LogP contribution in [0.2, 0.25) is 0 Å². The largest absolute Gasteiger partial charge is 0.454 e. The Kier molecular flexibility index (Phi) is 9.05. The van der Waals surface area contributed by atoms with Gasteiger partial charge in [-0.15, -0.1) is 6.58 Å². The summed E-state index contributed by atoms with van der Waals surface area (Å²) in [5.41, 5.74) is 0.596. The number of amides is 3. The summed E-state index contributed by atoms with van der Waals surface area (Å²) in [7, 11) is -4.42. The zero-order valence-electron chi connectivity index (χ0n) is 16.9. The van der Waals surface area contributed by atoms with Crippen molar-refractivity contribution >= 4 is 27.9 Å². The Balaban J connectivity index is 2.12. The molecule has 0 bridgehead atoms. The van der Waals surface area contributed by atoms with Crippen LogP contribution in [0.15, 0.2) is 72.1 Å². The number of nitrogens with one attached hydrogen (secondary N) is 3. The molecule has 0 saturated heterocycles. The summed E-state index contributed by atoms with van der Waals surface area (Å²) in [5, 5.41) is 4.24. The molecule has 0 aliphatic heterocycles. The van der Waals surface area contributed by atoms with Crippen molar-refractivity contribution in [3.8, 4) is 0 Å². The lowest BCUT2D eigenvalue weighted by Crippen LogP contribution is -2.45. The monoisotopic (exact) mass is 463 g/mol. The number of imide groups is 1. The lowest BCUT2D eigenvalue weighted by atomic mass is 10.1. The number of hydrogen-bond donors (Lipinski definition) is 3. The predicted octanol–water partition coefficient (Wildman–Crippen LogP) is 1.27. The third kappa shape index (κ3) is 7.60. The molecule has 32 heavy (non-hydrogen) atoms. The topological polar surface area (TPSA) is 131 Å². The first-order chi connectivity index (χ1) is 15.2. The number of rotatable bonds is 10. The van der Waals surface area contributed by atoms with E-state index in [1.807, 2.05) is 5.32 Å². The van der Waals surface area contributed by atoms with Crippen LogP contribution in [0, 0.1) is 5.82 Å². The van der Waals surface area contributed by atoms with Crippen molar-refractivity contribution in [2.75, 3.05) is 13.2 Å². The fourth-order valence-electron chi connectivity index (χ4n) is 2.55. The smallest absolute Gasteiger partial charge is 0.325 e. The second kappa shape index (κ2) is 11.7. The van der Waals surface area contributed by atoms with E-state index in [-0.39, 0.29) is 13.0 Å². The number of benzene rings is 2. The van der Waals surface area contributed by atoms with Gasteiger partial charge in [-0.1, -0.05) is 48.5 Å². The molecule has 11 heteroatoms. The fraction of sp³-hybridized carbons (Fsp3) is 0.190. The standard InChI is InChI=1S/C21H22FN3O6S/c1-2-12-23-21(28)24-19(26)14-31-20(27)17(13-15-8-4-3-5-9-15)25-32(29,30)18-11-7-6-10-16(18)22/h2-11,17,25H,1,12-14H2,(H2,23,24,26,28)/t17-/m0/s1. The number of halogens is 1. The molecule has 0 fully saturated rings. The molecule has 2 aromatic carbocycles. The number of hydrogen-bond acceptors (Lipinski definition) is 6. The van der Waals surface area contributed by atoms with E-state index in [0.29, 0.717) is 5.56 Å². The SMILES string of the molecule is C=CCNC(=O)NC(=O)COC(=O)[C@H](Cc1ccccc1)NS(=O)(=O)c1ccccc1F. The summed E-state index contributed by atoms with van der Waals surface area (Å²) in [5.74, 6) is -2.98. The first kappa shape index (κ1) is 24.7. The van der Waals surface area contributed by atoms with Gasteiger partial charge in [-0.2, -0.15) is 4.72 Å². The van der Waals surface area contributed by atoms with Gasteiger partial charge < -0.3 is 10.1 Å². The van der Waals surface area contributed by atoms with E-state index in [9.17, 15) is 27.2 Å². The van der Waals surface area contributed by atoms with Crippen LogP contribution in [0.5, 0.6) is 0 Å². The van der Waals surface area contributed by atoms with E-state index in [1.54, 1.807) is 30.3 Å². The van der Waals surface area contributed by atoms with E-state index < -0.39 is 51.3 Å². The van der Waals surface area contributed by atoms with Crippen molar-refractivity contribution in [2.24, 2.45) is 0 Å². The zero-order chi connectivity index (χ0) is 23.6. The number of esters is 1. The number of carbonyl (C=O) groups is 3. The molecular weight excluding hydrogens is 441 g/mol. The van der Waals surface area contributed by atoms with Crippen LogP contribution >= 0.6 is 0 Å². The fourth-order valence-corrected chi connectivity index (χ4v) is 3.81. The lowest BCUT2D eigenvalue weighted by Gasteiger charge is -2.18. The summed E-state index contributed by atoms with van der Waals surface area (Å²) in [6.07, 6.45) is 1.29. The first-order valence-electron chi connectivity index (χ1n) is 9.39. The van der Waals surface area contributed by atoms with Gasteiger partial charge in [0.15, 0.2) is 6.61 Å². The molecule has 3 N–H and O–H groups in total. The normalized spacial score (nSPS) is 11.8. The lowest BCUT2D eigenvalue weighted by molar-refractivity contribution is -0.149. The molecular formula is C21H22FN3O6S. The molecule has 1 atom stereocenters. The number of urea groups is 1. The van der Waals surface area contributed by atoms with E-state index in [4.69, 9.17) is 4.74 Å². The average Bonchev–Trinajstić information content (AvgIpc) is 2.76. The van der Waals surface area contributed by atoms with E-state index in [2.05, 4.69) is 16.6 Å². The minimum absolute atomic E-state index is 0.116. The van der Waals surface area contributed by atoms with Crippen molar-refractivity contribution in [3.05, 3.63) is 78.6 Å². The molecule has 9 nitrogen and oxygen atoms in total. The second-order valence-corrected chi connectivity index (χ2v) is 8.13. The average molecular weight is 463 g/mol. The maximum Gasteiger partial charge on any atom is 0.325 e. The summed E-state index contributed by atoms with van der Waals surface area (Å²) in [4.78, 5) is 35.2. The molecule has 0 radical (unpaired) electrons. The van der Waals surface area contributed by atoms with Crippen LogP contribution in [0.1, 0.15) is 5.56 Å². The van der Waals surface area contributed by atoms with Gasteiger partial charge in [0.05, 0.1) is 0 Å². The van der Waals surface area contributed by atoms with Crippen molar-refractivity contribution < 1.29 is 31.9 Å². The highest BCUT2D eigenvalue weighted by Crippen LogP contribution is 2.15. The Labute approximate surface area is 184 Å². The van der Waals surface area contributed by atoms with Gasteiger partial charge in [-0.3, -0.25) is 14.9 Å². The van der Waals surface area contributed by atoms with Gasteiger partial charge in [0.25, 0.3) is 5.91 Å². The zero-order valence-corrected chi connectivity index (χ0v) is 17.7. The summed E-state index contributed by atoms with van der Waals surface area (Å²) >= 11 is 0. The van der Waals surface area contributed by atoms with Gasteiger partial charge in [0.1, 0.15) is 16.8 Å². The van der Waals surface area contributed by atoms with Crippen molar-refractivity contribution in [1.82, 2.24) is 15.4 Å². The second-order valence-electron chi connectivity index (χ2n) is 6.45. The minimum atomic E-state index is -4.42. The molecule has 170 valence electrons. The highest BCUT2D eigenvalue weighted by Gasteiger charge is 2.29. The van der Waals surface area contributed by atoms with E-state index in [0.717, 1.165) is 12.1 Å². The molecule has 3 amide bonds. The molecule has 0 aliphatic rings. The van der Waals surface area contributed by atoms with Gasteiger partial charge >= 0.3 is 12.0 Å². The van der Waals surface area contributed by atoms with Gasteiger partial charge in [-0.05, 0) is 24.1 Å². The summed E-state index contributed by atoms with van der Waals surface area (Å²) in [6, 6.07) is 10.9. The molecule has 2 aromatic rings. The number of sulfonamides is 1. The highest BCUT2D eigenvalue weighted by molar-refractivity contribution is 7.89. The Morgan fingerprint density at radius 3 is 2.38 bits per heavy atom. The van der Waals surface area contributed by atoms with Crippen LogP contribution in [0.4, 0.5) is 9.18 Å². The quantitative estimate of drug-likeness (QED) is 0.359. The van der Waals surface area contributed by atoms with Gasteiger partial charge in [0.2, 0.25) is 10.0 Å². The maximum atomic E-state index is 14.0. The Morgan fingerprint density at radius 2 is 1.72 bits per heavy atom. The Hall–Kier alpha value is -3.57. The summed E-state index contributed by atoms with van der Waals surface area (Å²) in [6.45, 7) is 2.70. The third-order valence-corrected chi connectivity index (χ3v) is 5.50. The minimum Gasteiger partial charge on any atom is -0.454 e. The Bertz CT molecular complexity index is 1080. The highest BCUT2D eigenvalue weighted by atomic mass is 32.2. The molecule has 0 aromatic heterocycles.